The fraction of sp³-hybridized carbons (Fsp3) is 0.0667. The molecule has 0 radical (unpaired) electrons. The van der Waals surface area contributed by atoms with Crippen molar-refractivity contribution >= 4 is 45.1 Å². The van der Waals surface area contributed by atoms with Gasteiger partial charge in [-0.2, -0.15) is 0 Å². The fourth-order valence-electron chi connectivity index (χ4n) is 1.44. The quantitative estimate of drug-likeness (QED) is 0.465. The molecular formula is C15H11BrO3S. The second kappa shape index (κ2) is 7.17. The summed E-state index contributed by atoms with van der Waals surface area (Å²) in [5.74, 6) is -0.751. The van der Waals surface area contributed by atoms with E-state index in [9.17, 15) is 9.59 Å². The van der Waals surface area contributed by atoms with Gasteiger partial charge >= 0.3 is 5.97 Å². The molecule has 0 bridgehead atoms. The summed E-state index contributed by atoms with van der Waals surface area (Å²) in [5.41, 5.74) is 0.517. The highest BCUT2D eigenvalue weighted by molar-refractivity contribution is 9.10. The van der Waals surface area contributed by atoms with E-state index in [-0.39, 0.29) is 12.4 Å². The smallest absolute Gasteiger partial charge is 0.331 e. The molecule has 2 rings (SSSR count). The van der Waals surface area contributed by atoms with E-state index in [1.807, 2.05) is 17.5 Å². The first-order valence-electron chi connectivity index (χ1n) is 5.82. The molecule has 0 fully saturated rings. The van der Waals surface area contributed by atoms with Crippen molar-refractivity contribution in [2.45, 2.75) is 0 Å². The molecule has 1 aromatic carbocycles. The SMILES string of the molecule is O=C(/C=C/c1cccs1)OCC(=O)c1ccc(Br)cc1. The Morgan fingerprint density at radius 2 is 1.95 bits per heavy atom. The molecule has 5 heteroatoms. The number of hydrogen-bond donors (Lipinski definition) is 0. The Morgan fingerprint density at radius 3 is 2.60 bits per heavy atom. The Balaban J connectivity index is 1.84. The van der Waals surface area contributed by atoms with Gasteiger partial charge in [-0.05, 0) is 29.7 Å². The number of Topliss-reactive ketones (excluding diaryl/α,β-unsaturated/α-hetero) is 1. The molecule has 0 amide bonds. The van der Waals surface area contributed by atoms with E-state index in [0.717, 1.165) is 9.35 Å². The molecule has 3 nitrogen and oxygen atoms in total. The zero-order valence-electron chi connectivity index (χ0n) is 10.4. The zero-order chi connectivity index (χ0) is 14.4. The highest BCUT2D eigenvalue weighted by atomic mass is 79.9. The van der Waals surface area contributed by atoms with Crippen LogP contribution in [0.25, 0.3) is 6.08 Å². The van der Waals surface area contributed by atoms with Crippen molar-refractivity contribution in [1.82, 2.24) is 0 Å². The van der Waals surface area contributed by atoms with Crippen LogP contribution in [0.4, 0.5) is 0 Å². The minimum Gasteiger partial charge on any atom is -0.454 e. The molecule has 102 valence electrons. The van der Waals surface area contributed by atoms with Gasteiger partial charge < -0.3 is 4.74 Å². The maximum atomic E-state index is 11.8. The van der Waals surface area contributed by atoms with Crippen LogP contribution >= 0.6 is 27.3 Å². The predicted octanol–water partition coefficient (Wildman–Crippen LogP) is 3.95. The van der Waals surface area contributed by atoms with Crippen molar-refractivity contribution < 1.29 is 14.3 Å². The number of halogens is 1. The summed E-state index contributed by atoms with van der Waals surface area (Å²) in [6, 6.07) is 10.7. The number of benzene rings is 1. The maximum Gasteiger partial charge on any atom is 0.331 e. The first-order chi connectivity index (χ1) is 9.65. The van der Waals surface area contributed by atoms with Crippen molar-refractivity contribution in [2.24, 2.45) is 0 Å². The molecule has 0 atom stereocenters. The number of ketones is 1. The molecule has 20 heavy (non-hydrogen) atoms. The number of rotatable bonds is 5. The van der Waals surface area contributed by atoms with Gasteiger partial charge in [-0.1, -0.05) is 34.1 Å². The van der Waals surface area contributed by atoms with Crippen molar-refractivity contribution in [1.29, 1.82) is 0 Å². The number of carbonyl (C=O) groups excluding carboxylic acids is 2. The number of thiophene rings is 1. The van der Waals surface area contributed by atoms with Gasteiger partial charge in [0, 0.05) is 21.0 Å². The third kappa shape index (κ3) is 4.43. The third-order valence-electron chi connectivity index (χ3n) is 2.44. The average Bonchev–Trinajstić information content (AvgIpc) is 2.96. The van der Waals surface area contributed by atoms with Crippen LogP contribution in [-0.2, 0) is 9.53 Å². The topological polar surface area (TPSA) is 43.4 Å². The molecular weight excluding hydrogens is 340 g/mol. The van der Waals surface area contributed by atoms with Crippen LogP contribution in [-0.4, -0.2) is 18.4 Å². The second-order valence-corrected chi connectivity index (χ2v) is 5.78. The number of carbonyl (C=O) groups is 2. The van der Waals surface area contributed by atoms with Crippen LogP contribution in [0, 0.1) is 0 Å². The van der Waals surface area contributed by atoms with Gasteiger partial charge in [0.25, 0.3) is 0 Å². The van der Waals surface area contributed by atoms with Crippen molar-refractivity contribution in [3.05, 3.63) is 62.8 Å². The van der Waals surface area contributed by atoms with Crippen molar-refractivity contribution in [2.75, 3.05) is 6.61 Å². The standard InChI is InChI=1S/C15H11BrO3S/c16-12-5-3-11(4-6-12)14(17)10-19-15(18)8-7-13-2-1-9-20-13/h1-9H,10H2/b8-7+. The second-order valence-electron chi connectivity index (χ2n) is 3.89. The molecule has 2 aromatic rings. The Kier molecular flexibility index (Phi) is 5.26. The van der Waals surface area contributed by atoms with E-state index in [0.29, 0.717) is 5.56 Å². The summed E-state index contributed by atoms with van der Waals surface area (Å²) < 4.78 is 5.80. The third-order valence-corrected chi connectivity index (χ3v) is 3.80. The van der Waals surface area contributed by atoms with E-state index in [1.54, 1.807) is 30.3 Å². The van der Waals surface area contributed by atoms with E-state index >= 15 is 0 Å². The molecule has 0 spiro atoms. The lowest BCUT2D eigenvalue weighted by molar-refractivity contribution is -0.136. The zero-order valence-corrected chi connectivity index (χ0v) is 12.8. The van der Waals surface area contributed by atoms with Crippen LogP contribution in [0.1, 0.15) is 15.2 Å². The Bertz CT molecular complexity index is 615. The monoisotopic (exact) mass is 350 g/mol. The molecule has 1 heterocycles. The summed E-state index contributed by atoms with van der Waals surface area (Å²) in [5, 5.41) is 1.92. The van der Waals surface area contributed by atoms with Crippen molar-refractivity contribution in [3.63, 3.8) is 0 Å². The summed E-state index contributed by atoms with van der Waals surface area (Å²) in [4.78, 5) is 24.2. The minimum atomic E-state index is -0.524. The van der Waals surface area contributed by atoms with Crippen LogP contribution in [0.3, 0.4) is 0 Å². The van der Waals surface area contributed by atoms with Crippen LogP contribution in [0.15, 0.2) is 52.3 Å². The summed E-state index contributed by atoms with van der Waals surface area (Å²) in [7, 11) is 0. The van der Waals surface area contributed by atoms with Gasteiger partial charge in [-0.15, -0.1) is 11.3 Å². The van der Waals surface area contributed by atoms with Gasteiger partial charge in [0.15, 0.2) is 12.4 Å². The average molecular weight is 351 g/mol. The summed E-state index contributed by atoms with van der Waals surface area (Å²) in [6.07, 6.45) is 2.98. The maximum absolute atomic E-state index is 11.8. The lowest BCUT2D eigenvalue weighted by Gasteiger charge is -2.02. The van der Waals surface area contributed by atoms with Crippen molar-refractivity contribution in [3.8, 4) is 0 Å². The number of hydrogen-bond acceptors (Lipinski definition) is 4. The van der Waals surface area contributed by atoms with E-state index in [2.05, 4.69) is 15.9 Å². The highest BCUT2D eigenvalue weighted by Crippen LogP contribution is 2.12. The molecule has 0 unspecified atom stereocenters. The first-order valence-corrected chi connectivity index (χ1v) is 7.49. The molecule has 0 N–H and O–H groups in total. The molecule has 0 aliphatic rings. The van der Waals surface area contributed by atoms with Gasteiger partial charge in [0.1, 0.15) is 0 Å². The molecule has 0 aliphatic heterocycles. The molecule has 0 saturated carbocycles. The summed E-state index contributed by atoms with van der Waals surface area (Å²) in [6.45, 7) is -0.255. The lowest BCUT2D eigenvalue weighted by Crippen LogP contribution is -2.12. The Morgan fingerprint density at radius 1 is 1.20 bits per heavy atom. The van der Waals surface area contributed by atoms with E-state index in [1.165, 1.54) is 17.4 Å². The largest absolute Gasteiger partial charge is 0.454 e. The normalized spacial score (nSPS) is 10.7. The Hall–Kier alpha value is -1.72. The number of esters is 1. The highest BCUT2D eigenvalue weighted by Gasteiger charge is 2.08. The number of ether oxygens (including phenoxy) is 1. The molecule has 0 aliphatic carbocycles. The van der Waals surface area contributed by atoms with Gasteiger partial charge in [0.2, 0.25) is 0 Å². The van der Waals surface area contributed by atoms with Crippen LogP contribution in [0.5, 0.6) is 0 Å². The molecule has 1 aromatic heterocycles. The van der Waals surface area contributed by atoms with Gasteiger partial charge in [-0.3, -0.25) is 4.79 Å². The van der Waals surface area contributed by atoms with Gasteiger partial charge in [-0.25, -0.2) is 4.79 Å². The fourth-order valence-corrected chi connectivity index (χ4v) is 2.32. The van der Waals surface area contributed by atoms with E-state index in [4.69, 9.17) is 4.74 Å². The first kappa shape index (κ1) is 14.7. The van der Waals surface area contributed by atoms with Crippen LogP contribution in [0.2, 0.25) is 0 Å². The minimum absolute atomic E-state index is 0.227. The van der Waals surface area contributed by atoms with Crippen LogP contribution < -0.4 is 0 Å². The lowest BCUT2D eigenvalue weighted by atomic mass is 10.1. The molecule has 0 saturated heterocycles. The van der Waals surface area contributed by atoms with E-state index < -0.39 is 5.97 Å². The predicted molar refractivity (Wildman–Crippen MR) is 82.8 cm³/mol. The Labute approximate surface area is 129 Å². The summed E-state index contributed by atoms with van der Waals surface area (Å²) >= 11 is 4.81. The van der Waals surface area contributed by atoms with Gasteiger partial charge in [0.05, 0.1) is 0 Å².